The summed E-state index contributed by atoms with van der Waals surface area (Å²) in [4.78, 5) is 25.2. The van der Waals surface area contributed by atoms with Crippen molar-refractivity contribution < 1.29 is 4.79 Å². The lowest BCUT2D eigenvalue weighted by Gasteiger charge is -2.14. The fourth-order valence-electron chi connectivity index (χ4n) is 2.93. The minimum absolute atomic E-state index is 0.000328. The second-order valence-corrected chi connectivity index (χ2v) is 8.12. The van der Waals surface area contributed by atoms with Crippen LogP contribution in [0.3, 0.4) is 0 Å². The third-order valence-electron chi connectivity index (χ3n) is 4.79. The zero-order valence-corrected chi connectivity index (χ0v) is 17.7. The van der Waals surface area contributed by atoms with Crippen LogP contribution >= 0.6 is 0 Å². The molecule has 8 nitrogen and oxygen atoms in total. The summed E-state index contributed by atoms with van der Waals surface area (Å²) < 4.78 is 2.68. The van der Waals surface area contributed by atoms with Crippen LogP contribution in [0, 0.1) is 25.2 Å². The summed E-state index contributed by atoms with van der Waals surface area (Å²) in [5.74, 6) is 0.0581. The molecule has 0 aliphatic carbocycles. The Hall–Kier alpha value is -3.73. The first-order valence-corrected chi connectivity index (χ1v) is 9.56. The van der Waals surface area contributed by atoms with Crippen molar-refractivity contribution in [1.82, 2.24) is 19.6 Å². The van der Waals surface area contributed by atoms with Crippen LogP contribution in [0.1, 0.15) is 43.3 Å². The lowest BCUT2D eigenvalue weighted by Crippen LogP contribution is -2.32. The zero-order valence-electron chi connectivity index (χ0n) is 17.7. The Morgan fingerprint density at radius 1 is 1.17 bits per heavy atom. The molecule has 2 aromatic heterocycles. The van der Waals surface area contributed by atoms with Gasteiger partial charge >= 0.3 is 0 Å². The van der Waals surface area contributed by atoms with Crippen LogP contribution in [0.15, 0.2) is 41.2 Å². The fraction of sp³-hybridized carbons (Fsp3) is 0.318. The van der Waals surface area contributed by atoms with E-state index in [0.29, 0.717) is 17.1 Å². The number of aromatic nitrogens is 4. The molecule has 1 amide bonds. The lowest BCUT2D eigenvalue weighted by atomic mass is 9.92. The van der Waals surface area contributed by atoms with Crippen molar-refractivity contribution in [2.45, 2.75) is 46.6 Å². The minimum Gasteiger partial charge on any atom is -0.309 e. The number of carbonyl (C=O) groups is 1. The van der Waals surface area contributed by atoms with E-state index in [1.54, 1.807) is 18.5 Å². The molecule has 1 aromatic carbocycles. The molecule has 8 heteroatoms. The molecule has 2 heterocycles. The van der Waals surface area contributed by atoms with Gasteiger partial charge in [0.05, 0.1) is 17.1 Å². The second kappa shape index (κ2) is 7.95. The molecule has 30 heavy (non-hydrogen) atoms. The molecular formula is C22H24N6O2. The van der Waals surface area contributed by atoms with Crippen LogP contribution in [0.4, 0.5) is 5.82 Å². The smallest absolute Gasteiger partial charge is 0.285 e. The van der Waals surface area contributed by atoms with Gasteiger partial charge < -0.3 is 5.32 Å². The number of rotatable bonds is 4. The number of nitrogens with one attached hydrogen (secondary N) is 1. The van der Waals surface area contributed by atoms with Gasteiger partial charge in [-0.25, -0.2) is 9.36 Å². The molecule has 0 aliphatic heterocycles. The van der Waals surface area contributed by atoms with Crippen molar-refractivity contribution in [2.24, 2.45) is 0 Å². The number of para-hydroxylation sites is 1. The van der Waals surface area contributed by atoms with Gasteiger partial charge in [-0.2, -0.15) is 15.5 Å². The highest BCUT2D eigenvalue weighted by Crippen LogP contribution is 2.26. The van der Waals surface area contributed by atoms with Crippen molar-refractivity contribution in [1.29, 1.82) is 5.26 Å². The Labute approximate surface area is 174 Å². The number of anilines is 1. The minimum atomic E-state index is -0.581. The van der Waals surface area contributed by atoms with Gasteiger partial charge in [0, 0.05) is 11.5 Å². The normalized spacial score (nSPS) is 11.2. The van der Waals surface area contributed by atoms with E-state index in [1.807, 2.05) is 63.2 Å². The van der Waals surface area contributed by atoms with Gasteiger partial charge in [-0.1, -0.05) is 39.0 Å². The highest BCUT2D eigenvalue weighted by Gasteiger charge is 2.22. The maximum Gasteiger partial charge on any atom is 0.285 e. The number of carbonyl (C=O) groups excluding carboxylic acids is 1. The molecule has 154 valence electrons. The van der Waals surface area contributed by atoms with Crippen molar-refractivity contribution in [3.05, 3.63) is 69.3 Å². The number of benzene rings is 1. The molecule has 3 rings (SSSR count). The lowest BCUT2D eigenvalue weighted by molar-refractivity contribution is -0.117. The van der Waals surface area contributed by atoms with Crippen LogP contribution in [0.2, 0.25) is 0 Å². The maximum atomic E-state index is 12.7. The summed E-state index contributed by atoms with van der Waals surface area (Å²) in [6.07, 6.45) is 0. The van der Waals surface area contributed by atoms with Gasteiger partial charge in [0.1, 0.15) is 24.0 Å². The zero-order chi connectivity index (χ0) is 22.1. The Morgan fingerprint density at radius 3 is 2.43 bits per heavy atom. The predicted octanol–water partition coefficient (Wildman–Crippen LogP) is 2.85. The van der Waals surface area contributed by atoms with Crippen LogP contribution in [-0.4, -0.2) is 25.5 Å². The standard InChI is InChI=1S/C22H24N6O2/c1-14-15(2)25-27(21(30)17(14)12-23)13-20(29)24-19-11-18(22(3,4)5)26-28(19)16-9-7-6-8-10-16/h6-11H,13H2,1-5H3,(H,24,29). The first-order valence-electron chi connectivity index (χ1n) is 9.56. The van der Waals surface area contributed by atoms with Gasteiger partial charge in [-0.3, -0.25) is 9.59 Å². The summed E-state index contributed by atoms with van der Waals surface area (Å²) in [6.45, 7) is 9.18. The van der Waals surface area contributed by atoms with E-state index in [9.17, 15) is 14.9 Å². The number of aryl methyl sites for hydroxylation is 1. The van der Waals surface area contributed by atoms with E-state index in [1.165, 1.54) is 0 Å². The highest BCUT2D eigenvalue weighted by atomic mass is 16.2. The molecule has 0 saturated heterocycles. The van der Waals surface area contributed by atoms with Crippen LogP contribution in [0.5, 0.6) is 0 Å². The first-order chi connectivity index (χ1) is 14.1. The number of amides is 1. The van der Waals surface area contributed by atoms with Crippen LogP contribution < -0.4 is 10.9 Å². The van der Waals surface area contributed by atoms with Gasteiger partial charge in [-0.15, -0.1) is 0 Å². The monoisotopic (exact) mass is 404 g/mol. The summed E-state index contributed by atoms with van der Waals surface area (Å²) in [5, 5.41) is 20.9. The van der Waals surface area contributed by atoms with Crippen LogP contribution in [0.25, 0.3) is 5.69 Å². The first kappa shape index (κ1) is 21.0. The van der Waals surface area contributed by atoms with Crippen molar-refractivity contribution in [3.63, 3.8) is 0 Å². The van der Waals surface area contributed by atoms with E-state index in [2.05, 4.69) is 15.5 Å². The summed E-state index contributed by atoms with van der Waals surface area (Å²) >= 11 is 0. The Morgan fingerprint density at radius 2 is 1.83 bits per heavy atom. The van der Waals surface area contributed by atoms with E-state index in [4.69, 9.17) is 0 Å². The number of nitrogens with zero attached hydrogens (tertiary/aromatic N) is 5. The van der Waals surface area contributed by atoms with Crippen molar-refractivity contribution in [2.75, 3.05) is 5.32 Å². The van der Waals surface area contributed by atoms with E-state index >= 15 is 0 Å². The molecule has 0 spiro atoms. The highest BCUT2D eigenvalue weighted by molar-refractivity contribution is 5.90. The Bertz CT molecular complexity index is 1190. The van der Waals surface area contributed by atoms with Crippen molar-refractivity contribution in [3.8, 4) is 11.8 Å². The molecule has 0 radical (unpaired) electrons. The largest absolute Gasteiger partial charge is 0.309 e. The van der Waals surface area contributed by atoms with Gasteiger partial charge in [0.15, 0.2) is 0 Å². The van der Waals surface area contributed by atoms with E-state index < -0.39 is 11.5 Å². The number of hydrogen-bond acceptors (Lipinski definition) is 5. The second-order valence-electron chi connectivity index (χ2n) is 8.12. The van der Waals surface area contributed by atoms with E-state index in [-0.39, 0.29) is 17.5 Å². The summed E-state index contributed by atoms with van der Waals surface area (Å²) in [6, 6.07) is 13.2. The SMILES string of the molecule is Cc1nn(CC(=O)Nc2cc(C(C)(C)C)nn2-c2ccccc2)c(=O)c(C#N)c1C. The molecule has 0 atom stereocenters. The molecular weight excluding hydrogens is 380 g/mol. The third kappa shape index (κ3) is 4.15. The maximum absolute atomic E-state index is 12.7. The van der Waals surface area contributed by atoms with Crippen LogP contribution in [-0.2, 0) is 16.8 Å². The third-order valence-corrected chi connectivity index (χ3v) is 4.79. The number of hydrogen-bond donors (Lipinski definition) is 1. The molecule has 0 bridgehead atoms. The summed E-state index contributed by atoms with van der Waals surface area (Å²) in [7, 11) is 0. The predicted molar refractivity (Wildman–Crippen MR) is 114 cm³/mol. The fourth-order valence-corrected chi connectivity index (χ4v) is 2.93. The van der Waals surface area contributed by atoms with Gasteiger partial charge in [0.2, 0.25) is 5.91 Å². The molecule has 0 aliphatic rings. The number of nitriles is 1. The average Bonchev–Trinajstić information content (AvgIpc) is 3.11. The Balaban J connectivity index is 1.95. The molecule has 0 unspecified atom stereocenters. The van der Waals surface area contributed by atoms with Gasteiger partial charge in [0.25, 0.3) is 5.56 Å². The molecule has 0 saturated carbocycles. The van der Waals surface area contributed by atoms with Gasteiger partial charge in [-0.05, 0) is 31.5 Å². The molecule has 0 fully saturated rings. The average molecular weight is 404 g/mol. The Kier molecular flexibility index (Phi) is 5.56. The quantitative estimate of drug-likeness (QED) is 0.720. The topological polar surface area (TPSA) is 106 Å². The summed E-state index contributed by atoms with van der Waals surface area (Å²) in [5.41, 5.74) is 1.88. The molecule has 1 N–H and O–H groups in total. The van der Waals surface area contributed by atoms with E-state index in [0.717, 1.165) is 16.1 Å². The van der Waals surface area contributed by atoms with Crippen molar-refractivity contribution >= 4 is 11.7 Å². The molecule has 3 aromatic rings.